The number of para-hydroxylation sites is 1. The van der Waals surface area contributed by atoms with Gasteiger partial charge in [-0.25, -0.2) is 14.4 Å². The summed E-state index contributed by atoms with van der Waals surface area (Å²) in [5, 5.41) is 5.68. The summed E-state index contributed by atoms with van der Waals surface area (Å²) < 4.78 is 24.3. The predicted octanol–water partition coefficient (Wildman–Crippen LogP) is 3.61. The fourth-order valence-corrected chi connectivity index (χ4v) is 2.71. The molecule has 0 bridgehead atoms. The molecule has 8 heteroatoms. The second-order valence-electron chi connectivity index (χ2n) is 6.16. The van der Waals surface area contributed by atoms with Gasteiger partial charge in [-0.2, -0.15) is 0 Å². The number of carbonyl (C=O) groups excluding carboxylic acids is 1. The number of rotatable bonds is 7. The lowest BCUT2D eigenvalue weighted by Crippen LogP contribution is -2.24. The highest BCUT2D eigenvalue weighted by Gasteiger charge is 2.12. The maximum atomic E-state index is 13.9. The van der Waals surface area contributed by atoms with Crippen LogP contribution in [0, 0.1) is 12.7 Å². The van der Waals surface area contributed by atoms with E-state index in [4.69, 9.17) is 9.47 Å². The molecule has 3 aromatic rings. The molecule has 0 unspecified atom stereocenters. The average molecular weight is 396 g/mol. The summed E-state index contributed by atoms with van der Waals surface area (Å²) in [5.74, 6) is 1.12. The highest BCUT2D eigenvalue weighted by atomic mass is 19.1. The molecule has 0 fully saturated rings. The molecular formula is C21H21FN4O3. The first-order chi connectivity index (χ1) is 14.0. The van der Waals surface area contributed by atoms with Gasteiger partial charge in [-0.1, -0.05) is 18.2 Å². The number of nitrogens with zero attached hydrogens (tertiary/aromatic N) is 2. The van der Waals surface area contributed by atoms with Gasteiger partial charge in [0.05, 0.1) is 19.9 Å². The van der Waals surface area contributed by atoms with E-state index in [1.54, 1.807) is 51.5 Å². The molecule has 0 radical (unpaired) electrons. The van der Waals surface area contributed by atoms with E-state index in [1.807, 2.05) is 6.07 Å². The Morgan fingerprint density at radius 2 is 1.79 bits per heavy atom. The van der Waals surface area contributed by atoms with E-state index in [9.17, 15) is 9.18 Å². The molecule has 0 aliphatic carbocycles. The summed E-state index contributed by atoms with van der Waals surface area (Å²) in [5.41, 5.74) is 1.28. The number of benzene rings is 2. The summed E-state index contributed by atoms with van der Waals surface area (Å²) in [6.07, 6.45) is 0. The van der Waals surface area contributed by atoms with Crippen molar-refractivity contribution in [2.45, 2.75) is 13.5 Å². The maximum Gasteiger partial charge on any atom is 0.270 e. The zero-order valence-corrected chi connectivity index (χ0v) is 16.3. The Morgan fingerprint density at radius 1 is 1.03 bits per heavy atom. The Kier molecular flexibility index (Phi) is 6.23. The standard InChI is InChI=1S/C21H21FN4O3/c1-13-24-17(11-20(25-13)26-16-7-5-4-6-15(16)22)21(27)23-12-14-8-9-18(28-2)19(10-14)29-3/h4-11H,12H2,1-3H3,(H,23,27)(H,24,25,26). The topological polar surface area (TPSA) is 85.4 Å². The molecule has 7 nitrogen and oxygen atoms in total. The molecule has 0 saturated heterocycles. The van der Waals surface area contributed by atoms with Gasteiger partial charge in [0.25, 0.3) is 5.91 Å². The lowest BCUT2D eigenvalue weighted by atomic mass is 10.2. The lowest BCUT2D eigenvalue weighted by molar-refractivity contribution is 0.0945. The van der Waals surface area contributed by atoms with Crippen LogP contribution < -0.4 is 20.1 Å². The second kappa shape index (κ2) is 9.01. The van der Waals surface area contributed by atoms with Gasteiger partial charge >= 0.3 is 0 Å². The van der Waals surface area contributed by atoms with E-state index in [1.165, 1.54) is 12.1 Å². The van der Waals surface area contributed by atoms with Gasteiger partial charge in [0, 0.05) is 12.6 Å². The van der Waals surface area contributed by atoms with Crippen LogP contribution in [-0.2, 0) is 6.54 Å². The molecule has 0 spiro atoms. The van der Waals surface area contributed by atoms with Crippen LogP contribution in [0.3, 0.4) is 0 Å². The summed E-state index contributed by atoms with van der Waals surface area (Å²) in [4.78, 5) is 20.9. The normalized spacial score (nSPS) is 10.3. The van der Waals surface area contributed by atoms with E-state index < -0.39 is 5.82 Å². The number of nitrogens with one attached hydrogen (secondary N) is 2. The van der Waals surface area contributed by atoms with Crippen LogP contribution in [0.25, 0.3) is 0 Å². The number of halogens is 1. The van der Waals surface area contributed by atoms with Gasteiger partial charge < -0.3 is 20.1 Å². The first-order valence-electron chi connectivity index (χ1n) is 8.86. The first kappa shape index (κ1) is 20.1. The molecule has 1 heterocycles. The molecule has 3 rings (SSSR count). The zero-order valence-electron chi connectivity index (χ0n) is 16.3. The number of anilines is 2. The van der Waals surface area contributed by atoms with Gasteiger partial charge in [0.1, 0.15) is 23.2 Å². The minimum atomic E-state index is -0.414. The molecule has 0 saturated carbocycles. The van der Waals surface area contributed by atoms with Gasteiger partial charge in [0.2, 0.25) is 0 Å². The second-order valence-corrected chi connectivity index (χ2v) is 6.16. The van der Waals surface area contributed by atoms with Gasteiger partial charge in [-0.3, -0.25) is 4.79 Å². The molecule has 2 N–H and O–H groups in total. The quantitative estimate of drug-likeness (QED) is 0.635. The van der Waals surface area contributed by atoms with E-state index in [0.717, 1.165) is 5.56 Å². The summed E-state index contributed by atoms with van der Waals surface area (Å²) in [6.45, 7) is 1.94. The molecule has 2 aromatic carbocycles. The van der Waals surface area contributed by atoms with Crippen molar-refractivity contribution in [1.82, 2.24) is 15.3 Å². The minimum absolute atomic E-state index is 0.178. The van der Waals surface area contributed by atoms with Crippen LogP contribution in [0.15, 0.2) is 48.5 Å². The summed E-state index contributed by atoms with van der Waals surface area (Å²) in [6, 6.07) is 13.1. The third kappa shape index (κ3) is 4.98. The Morgan fingerprint density at radius 3 is 2.52 bits per heavy atom. The number of ether oxygens (including phenoxy) is 2. The van der Waals surface area contributed by atoms with Crippen molar-refractivity contribution in [3.05, 3.63) is 71.4 Å². The average Bonchev–Trinajstić information content (AvgIpc) is 2.73. The van der Waals surface area contributed by atoms with Crippen molar-refractivity contribution in [3.8, 4) is 11.5 Å². The maximum absolute atomic E-state index is 13.9. The van der Waals surface area contributed by atoms with Gasteiger partial charge in [-0.05, 0) is 36.8 Å². The van der Waals surface area contributed by atoms with E-state index in [-0.39, 0.29) is 23.8 Å². The molecule has 150 valence electrons. The molecule has 1 amide bonds. The lowest BCUT2D eigenvalue weighted by Gasteiger charge is -2.11. The number of hydrogen-bond donors (Lipinski definition) is 2. The van der Waals surface area contributed by atoms with Crippen molar-refractivity contribution >= 4 is 17.4 Å². The van der Waals surface area contributed by atoms with E-state index in [0.29, 0.717) is 23.1 Å². The monoisotopic (exact) mass is 396 g/mol. The van der Waals surface area contributed by atoms with Crippen LogP contribution in [-0.4, -0.2) is 30.1 Å². The predicted molar refractivity (Wildman–Crippen MR) is 107 cm³/mol. The minimum Gasteiger partial charge on any atom is -0.493 e. The number of aromatic nitrogens is 2. The molecule has 29 heavy (non-hydrogen) atoms. The van der Waals surface area contributed by atoms with Crippen molar-refractivity contribution in [2.75, 3.05) is 19.5 Å². The van der Waals surface area contributed by atoms with Gasteiger partial charge in [-0.15, -0.1) is 0 Å². The molecule has 0 atom stereocenters. The molecule has 0 aliphatic rings. The number of methoxy groups -OCH3 is 2. The molecular weight excluding hydrogens is 375 g/mol. The third-order valence-corrected chi connectivity index (χ3v) is 4.11. The van der Waals surface area contributed by atoms with Crippen molar-refractivity contribution < 1.29 is 18.7 Å². The van der Waals surface area contributed by atoms with E-state index in [2.05, 4.69) is 20.6 Å². The third-order valence-electron chi connectivity index (χ3n) is 4.11. The van der Waals surface area contributed by atoms with Crippen molar-refractivity contribution in [3.63, 3.8) is 0 Å². The fraction of sp³-hybridized carbons (Fsp3) is 0.190. The number of hydrogen-bond acceptors (Lipinski definition) is 6. The van der Waals surface area contributed by atoms with E-state index >= 15 is 0 Å². The van der Waals surface area contributed by atoms with Crippen LogP contribution in [0.2, 0.25) is 0 Å². The number of amides is 1. The Balaban J connectivity index is 1.72. The Labute approximate surface area is 167 Å². The summed E-state index contributed by atoms with van der Waals surface area (Å²) >= 11 is 0. The van der Waals surface area contributed by atoms with Crippen molar-refractivity contribution in [2.24, 2.45) is 0 Å². The first-order valence-corrected chi connectivity index (χ1v) is 8.86. The van der Waals surface area contributed by atoms with Crippen molar-refractivity contribution in [1.29, 1.82) is 0 Å². The zero-order chi connectivity index (χ0) is 20.8. The van der Waals surface area contributed by atoms with Gasteiger partial charge in [0.15, 0.2) is 11.5 Å². The Bertz CT molecular complexity index is 1030. The van der Waals surface area contributed by atoms with Crippen LogP contribution in [0.1, 0.15) is 21.9 Å². The van der Waals surface area contributed by atoms with Crippen LogP contribution >= 0.6 is 0 Å². The van der Waals surface area contributed by atoms with Crippen LogP contribution in [0.4, 0.5) is 15.9 Å². The van der Waals surface area contributed by atoms with Crippen LogP contribution in [0.5, 0.6) is 11.5 Å². The number of aryl methyl sites for hydroxylation is 1. The molecule has 1 aromatic heterocycles. The number of carbonyl (C=O) groups is 1. The largest absolute Gasteiger partial charge is 0.493 e. The smallest absolute Gasteiger partial charge is 0.270 e. The molecule has 0 aliphatic heterocycles. The fourth-order valence-electron chi connectivity index (χ4n) is 2.71. The SMILES string of the molecule is COc1ccc(CNC(=O)c2cc(Nc3ccccc3F)nc(C)n2)cc1OC. The highest BCUT2D eigenvalue weighted by molar-refractivity contribution is 5.93. The Hall–Kier alpha value is -3.68. The highest BCUT2D eigenvalue weighted by Crippen LogP contribution is 2.27. The summed E-state index contributed by atoms with van der Waals surface area (Å²) in [7, 11) is 3.11.